The molecule has 6 heteroatoms. The van der Waals surface area contributed by atoms with E-state index in [9.17, 15) is 9.50 Å². The Morgan fingerprint density at radius 3 is 2.59 bits per heavy atom. The number of para-hydroxylation sites is 1. The number of aromatic hydroxyl groups is 1. The number of unbranched alkanes of at least 4 members (excludes halogenated alkanes) is 1. The Morgan fingerprint density at radius 1 is 1.10 bits per heavy atom. The van der Waals surface area contributed by atoms with Crippen LogP contribution in [0.25, 0.3) is 21.9 Å². The van der Waals surface area contributed by atoms with E-state index in [4.69, 9.17) is 10.7 Å². The highest BCUT2D eigenvalue weighted by molar-refractivity contribution is 6.06. The summed E-state index contributed by atoms with van der Waals surface area (Å²) < 4.78 is 15.9. The molecule has 0 unspecified atom stereocenters. The van der Waals surface area contributed by atoms with Crippen molar-refractivity contribution >= 4 is 27.8 Å². The zero-order valence-corrected chi connectivity index (χ0v) is 17.1. The number of aromatic nitrogens is 3. The molecule has 2 aromatic heterocycles. The van der Waals surface area contributed by atoms with Gasteiger partial charge in [-0.1, -0.05) is 51.5 Å². The number of halogens is 1. The Hall–Kier alpha value is -3.15. The highest BCUT2D eigenvalue weighted by Crippen LogP contribution is 2.30. The molecule has 2 aromatic carbocycles. The van der Waals surface area contributed by atoms with Crippen LogP contribution < -0.4 is 5.73 Å². The van der Waals surface area contributed by atoms with E-state index >= 15 is 0 Å². The normalized spacial score (nSPS) is 10.9. The first-order valence-electron chi connectivity index (χ1n) is 10.1. The molecule has 0 atom stereocenters. The number of fused-ring (bicyclic) bond motifs is 3. The lowest BCUT2D eigenvalue weighted by molar-refractivity contribution is 0.431. The number of hydrogen-bond acceptors (Lipinski definition) is 4. The summed E-state index contributed by atoms with van der Waals surface area (Å²) in [6.45, 7) is 6.58. The molecule has 0 saturated carbocycles. The number of aryl methyl sites for hydroxylation is 1. The van der Waals surface area contributed by atoms with E-state index in [1.165, 1.54) is 12.1 Å². The summed E-state index contributed by atoms with van der Waals surface area (Å²) in [6.07, 6.45) is 2.85. The van der Waals surface area contributed by atoms with Crippen molar-refractivity contribution in [3.63, 3.8) is 0 Å². The van der Waals surface area contributed by atoms with Gasteiger partial charge in [0, 0.05) is 18.4 Å². The average Bonchev–Trinajstić information content (AvgIpc) is 3.10. The SMILES string of the molecule is CC.CCCCc1nc2c(N)nc3ccccc3c2n1Cc1ccc(O)c(F)c1. The zero-order valence-electron chi connectivity index (χ0n) is 17.1. The Morgan fingerprint density at radius 2 is 1.86 bits per heavy atom. The number of phenols is 1. The van der Waals surface area contributed by atoms with E-state index in [1.54, 1.807) is 6.07 Å². The third-order valence-electron chi connectivity index (χ3n) is 4.80. The van der Waals surface area contributed by atoms with Gasteiger partial charge < -0.3 is 15.4 Å². The fourth-order valence-electron chi connectivity index (χ4n) is 3.43. The van der Waals surface area contributed by atoms with Crippen molar-refractivity contribution in [1.29, 1.82) is 0 Å². The second-order valence-corrected chi connectivity index (χ2v) is 6.71. The number of nitrogens with zero attached hydrogens (tertiary/aromatic N) is 3. The first-order chi connectivity index (χ1) is 14.1. The van der Waals surface area contributed by atoms with Crippen molar-refractivity contribution in [2.45, 2.75) is 46.6 Å². The second-order valence-electron chi connectivity index (χ2n) is 6.71. The van der Waals surface area contributed by atoms with Crippen LogP contribution in [0.1, 0.15) is 45.0 Å². The third-order valence-corrected chi connectivity index (χ3v) is 4.80. The fourth-order valence-corrected chi connectivity index (χ4v) is 3.43. The summed E-state index contributed by atoms with van der Waals surface area (Å²) in [6, 6.07) is 12.3. The summed E-state index contributed by atoms with van der Waals surface area (Å²) >= 11 is 0. The summed E-state index contributed by atoms with van der Waals surface area (Å²) in [5.41, 5.74) is 9.34. The second kappa shape index (κ2) is 8.90. The van der Waals surface area contributed by atoms with Gasteiger partial charge in [-0.05, 0) is 30.2 Å². The largest absolute Gasteiger partial charge is 0.505 e. The number of pyridine rings is 1. The van der Waals surface area contributed by atoms with E-state index < -0.39 is 5.82 Å². The van der Waals surface area contributed by atoms with Crippen LogP contribution in [-0.2, 0) is 13.0 Å². The molecular weight excluding hydrogens is 367 g/mol. The smallest absolute Gasteiger partial charge is 0.165 e. The van der Waals surface area contributed by atoms with E-state index in [0.29, 0.717) is 17.9 Å². The Bertz CT molecular complexity index is 1140. The molecular formula is C23H27FN4O. The van der Waals surface area contributed by atoms with Gasteiger partial charge in [-0.3, -0.25) is 0 Å². The number of benzene rings is 2. The summed E-state index contributed by atoms with van der Waals surface area (Å²) in [7, 11) is 0. The number of rotatable bonds is 5. The third kappa shape index (κ3) is 4.01. The van der Waals surface area contributed by atoms with Crippen molar-refractivity contribution in [2.75, 3.05) is 5.73 Å². The van der Waals surface area contributed by atoms with Crippen LogP contribution in [-0.4, -0.2) is 19.6 Å². The monoisotopic (exact) mass is 394 g/mol. The average molecular weight is 394 g/mol. The van der Waals surface area contributed by atoms with Crippen LogP contribution in [0.4, 0.5) is 10.2 Å². The van der Waals surface area contributed by atoms with Gasteiger partial charge in [0.2, 0.25) is 0 Å². The summed E-state index contributed by atoms with van der Waals surface area (Å²) in [4.78, 5) is 9.25. The first-order valence-corrected chi connectivity index (χ1v) is 10.1. The minimum Gasteiger partial charge on any atom is -0.505 e. The van der Waals surface area contributed by atoms with Gasteiger partial charge in [-0.15, -0.1) is 0 Å². The van der Waals surface area contributed by atoms with Crippen LogP contribution in [0, 0.1) is 5.82 Å². The van der Waals surface area contributed by atoms with Crippen LogP contribution in [0.5, 0.6) is 5.75 Å². The van der Waals surface area contributed by atoms with Crippen molar-refractivity contribution < 1.29 is 9.50 Å². The van der Waals surface area contributed by atoms with Gasteiger partial charge in [0.1, 0.15) is 11.3 Å². The van der Waals surface area contributed by atoms with Crippen LogP contribution in [0.3, 0.4) is 0 Å². The van der Waals surface area contributed by atoms with E-state index in [-0.39, 0.29) is 5.75 Å². The van der Waals surface area contributed by atoms with Crippen LogP contribution in [0.15, 0.2) is 42.5 Å². The number of hydrogen-bond donors (Lipinski definition) is 2. The quantitative estimate of drug-likeness (QED) is 0.473. The number of nitrogen functional groups attached to an aromatic ring is 1. The topological polar surface area (TPSA) is 77.0 Å². The maximum Gasteiger partial charge on any atom is 0.165 e. The van der Waals surface area contributed by atoms with Gasteiger partial charge >= 0.3 is 0 Å². The van der Waals surface area contributed by atoms with Gasteiger partial charge in [0.15, 0.2) is 17.4 Å². The summed E-state index contributed by atoms with van der Waals surface area (Å²) in [5, 5.41) is 10.4. The Balaban J connectivity index is 0.00000117. The number of imidazole rings is 1. The molecule has 29 heavy (non-hydrogen) atoms. The molecule has 4 rings (SSSR count). The Labute approximate surface area is 170 Å². The molecule has 0 amide bonds. The first kappa shape index (κ1) is 20.6. The van der Waals surface area contributed by atoms with E-state index in [1.807, 2.05) is 38.1 Å². The molecule has 0 aliphatic carbocycles. The van der Waals surface area contributed by atoms with Crippen molar-refractivity contribution in [3.8, 4) is 5.75 Å². The lowest BCUT2D eigenvalue weighted by atomic mass is 10.1. The van der Waals surface area contributed by atoms with Gasteiger partial charge in [0.05, 0.1) is 11.0 Å². The van der Waals surface area contributed by atoms with Gasteiger partial charge in [0.25, 0.3) is 0 Å². The maximum atomic E-state index is 13.8. The Kier molecular flexibility index (Phi) is 6.32. The van der Waals surface area contributed by atoms with Gasteiger partial charge in [-0.25, -0.2) is 14.4 Å². The van der Waals surface area contributed by atoms with Crippen molar-refractivity contribution in [1.82, 2.24) is 14.5 Å². The number of phenolic OH excluding ortho intramolecular Hbond substituents is 1. The fraction of sp³-hybridized carbons (Fsp3) is 0.304. The molecule has 0 saturated heterocycles. The highest BCUT2D eigenvalue weighted by Gasteiger charge is 2.17. The number of nitrogens with two attached hydrogens (primary N) is 1. The minimum absolute atomic E-state index is 0.348. The molecule has 0 bridgehead atoms. The van der Waals surface area contributed by atoms with E-state index in [2.05, 4.69) is 16.5 Å². The zero-order chi connectivity index (χ0) is 21.0. The standard InChI is InChI=1S/C21H21FN4O.C2H6/c1-2-3-8-18-25-19-20(14-6-4-5-7-16(14)24-21(19)23)26(18)12-13-9-10-17(27)15(22)11-13;1-2/h4-7,9-11,27H,2-3,8,12H2,1H3,(H2,23,24);1-2H3. The lowest BCUT2D eigenvalue weighted by Crippen LogP contribution is -2.06. The molecule has 152 valence electrons. The van der Waals surface area contributed by atoms with Crippen LogP contribution >= 0.6 is 0 Å². The molecule has 0 radical (unpaired) electrons. The van der Waals surface area contributed by atoms with Gasteiger partial charge in [-0.2, -0.15) is 0 Å². The summed E-state index contributed by atoms with van der Waals surface area (Å²) in [5.74, 6) is 0.333. The number of anilines is 1. The molecule has 4 aromatic rings. The maximum absolute atomic E-state index is 13.8. The predicted octanol–water partition coefficient (Wildman–Crippen LogP) is 5.43. The predicted molar refractivity (Wildman–Crippen MR) is 117 cm³/mol. The molecule has 0 fully saturated rings. The van der Waals surface area contributed by atoms with Crippen LogP contribution in [0.2, 0.25) is 0 Å². The molecule has 0 aliphatic rings. The molecule has 0 aliphatic heterocycles. The molecule has 5 nitrogen and oxygen atoms in total. The minimum atomic E-state index is -0.627. The van der Waals surface area contributed by atoms with Crippen molar-refractivity contribution in [2.24, 2.45) is 0 Å². The lowest BCUT2D eigenvalue weighted by Gasteiger charge is -2.11. The molecule has 3 N–H and O–H groups in total. The highest BCUT2D eigenvalue weighted by atomic mass is 19.1. The molecule has 0 spiro atoms. The molecule has 2 heterocycles. The van der Waals surface area contributed by atoms with Crippen molar-refractivity contribution in [3.05, 3.63) is 59.7 Å². The van der Waals surface area contributed by atoms with E-state index in [0.717, 1.165) is 47.1 Å².